The Bertz CT molecular complexity index is 868. The van der Waals surface area contributed by atoms with Gasteiger partial charge < -0.3 is 5.32 Å². The lowest BCUT2D eigenvalue weighted by atomic mass is 10.1. The first-order chi connectivity index (χ1) is 11.1. The number of benzene rings is 2. The molecule has 2 aromatic carbocycles. The van der Waals surface area contributed by atoms with Gasteiger partial charge in [0, 0.05) is 21.3 Å². The van der Waals surface area contributed by atoms with Crippen LogP contribution in [0, 0.1) is 6.92 Å². The maximum atomic E-state index is 12.0. The number of rotatable bonds is 2. The van der Waals surface area contributed by atoms with Gasteiger partial charge in [0.2, 0.25) is 0 Å². The van der Waals surface area contributed by atoms with E-state index in [-0.39, 0.29) is 5.91 Å². The molecule has 1 aromatic heterocycles. The Morgan fingerprint density at radius 3 is 2.65 bits per heavy atom. The fourth-order valence-electron chi connectivity index (χ4n) is 2.24. The molecule has 0 saturated heterocycles. The minimum absolute atomic E-state index is 0.212. The van der Waals surface area contributed by atoms with Gasteiger partial charge in [-0.2, -0.15) is 0 Å². The highest BCUT2D eigenvalue weighted by Gasteiger charge is 2.08. The van der Waals surface area contributed by atoms with Crippen molar-refractivity contribution in [3.8, 4) is 0 Å². The number of amides is 1. The highest BCUT2D eigenvalue weighted by Crippen LogP contribution is 2.22. The predicted molar refractivity (Wildman–Crippen MR) is 99.8 cm³/mol. The van der Waals surface area contributed by atoms with Crippen LogP contribution in [0.1, 0.15) is 15.2 Å². The molecule has 3 rings (SSSR count). The normalized spacial score (nSPS) is 10.3. The molecule has 3 N–H and O–H groups in total. The van der Waals surface area contributed by atoms with Crippen LogP contribution < -0.4 is 16.2 Å². The number of hydrogen-bond acceptors (Lipinski definition) is 3. The van der Waals surface area contributed by atoms with Crippen molar-refractivity contribution in [2.45, 2.75) is 6.92 Å². The Labute approximate surface area is 143 Å². The second kappa shape index (κ2) is 6.76. The number of thiophene rings is 1. The van der Waals surface area contributed by atoms with E-state index in [4.69, 9.17) is 12.2 Å². The van der Waals surface area contributed by atoms with Crippen molar-refractivity contribution in [2.24, 2.45) is 0 Å². The third kappa shape index (κ3) is 3.67. The molecule has 4 nitrogen and oxygen atoms in total. The quantitative estimate of drug-likeness (QED) is 0.490. The standard InChI is InChI=1S/C17H15N3OS2/c1-11-9-13(10-23-11)16(21)19-20-17(22)18-15-8-4-6-12-5-2-3-7-14(12)15/h2-10H,1H3,(H,19,21)(H2,18,20,22). The molecule has 0 aliphatic heterocycles. The molecule has 0 bridgehead atoms. The Morgan fingerprint density at radius 2 is 1.87 bits per heavy atom. The maximum absolute atomic E-state index is 12.0. The largest absolute Gasteiger partial charge is 0.331 e. The number of hydrogen-bond donors (Lipinski definition) is 3. The van der Waals surface area contributed by atoms with Gasteiger partial charge in [0.05, 0.1) is 5.56 Å². The molecule has 0 atom stereocenters. The number of aryl methyl sites for hydroxylation is 1. The van der Waals surface area contributed by atoms with Crippen LogP contribution in [0.5, 0.6) is 0 Å². The molecule has 0 spiro atoms. The number of hydrazine groups is 1. The third-order valence-corrected chi connectivity index (χ3v) is 4.39. The van der Waals surface area contributed by atoms with Gasteiger partial charge in [0.15, 0.2) is 5.11 Å². The lowest BCUT2D eigenvalue weighted by Gasteiger charge is -2.13. The molecule has 0 unspecified atom stereocenters. The molecule has 3 aromatic rings. The number of thiocarbonyl (C=S) groups is 1. The first kappa shape index (κ1) is 15.5. The summed E-state index contributed by atoms with van der Waals surface area (Å²) in [5, 5.41) is 7.44. The Hall–Kier alpha value is -2.44. The van der Waals surface area contributed by atoms with Crippen LogP contribution in [0.15, 0.2) is 53.9 Å². The lowest BCUT2D eigenvalue weighted by Crippen LogP contribution is -2.43. The van der Waals surface area contributed by atoms with Gasteiger partial charge in [-0.1, -0.05) is 36.4 Å². The second-order valence-electron chi connectivity index (χ2n) is 5.01. The van der Waals surface area contributed by atoms with E-state index in [1.165, 1.54) is 11.3 Å². The first-order valence-corrected chi connectivity index (χ1v) is 8.32. The van der Waals surface area contributed by atoms with Crippen LogP contribution >= 0.6 is 23.6 Å². The summed E-state index contributed by atoms with van der Waals surface area (Å²) in [6.45, 7) is 1.96. The number of anilines is 1. The van der Waals surface area contributed by atoms with Crippen molar-refractivity contribution in [1.29, 1.82) is 0 Å². The molecule has 0 aliphatic carbocycles. The summed E-state index contributed by atoms with van der Waals surface area (Å²) in [6, 6.07) is 15.8. The average molecular weight is 341 g/mol. The van der Waals surface area contributed by atoms with Crippen molar-refractivity contribution in [3.05, 3.63) is 64.4 Å². The number of fused-ring (bicyclic) bond motifs is 1. The van der Waals surface area contributed by atoms with E-state index in [2.05, 4.69) is 16.2 Å². The Kier molecular flexibility index (Phi) is 4.55. The van der Waals surface area contributed by atoms with Gasteiger partial charge in [-0.05, 0) is 36.7 Å². The molecule has 1 heterocycles. The molecule has 0 aliphatic rings. The molecular formula is C17H15N3OS2. The summed E-state index contributed by atoms with van der Waals surface area (Å²) >= 11 is 6.77. The highest BCUT2D eigenvalue weighted by molar-refractivity contribution is 7.80. The van der Waals surface area contributed by atoms with Crippen molar-refractivity contribution >= 4 is 51.0 Å². The molecule has 6 heteroatoms. The SMILES string of the molecule is Cc1cc(C(=O)NNC(=S)Nc2cccc3ccccc23)cs1. The van der Waals surface area contributed by atoms with Crippen molar-refractivity contribution < 1.29 is 4.79 Å². The molecular weight excluding hydrogens is 326 g/mol. The predicted octanol–water partition coefficient (Wildman–Crippen LogP) is 3.84. The molecule has 0 fully saturated rings. The topological polar surface area (TPSA) is 53.2 Å². The summed E-state index contributed by atoms with van der Waals surface area (Å²) < 4.78 is 0. The minimum atomic E-state index is -0.212. The van der Waals surface area contributed by atoms with E-state index < -0.39 is 0 Å². The van der Waals surface area contributed by atoms with Crippen molar-refractivity contribution in [1.82, 2.24) is 10.9 Å². The Balaban J connectivity index is 1.64. The van der Waals surface area contributed by atoms with E-state index in [1.807, 2.05) is 60.8 Å². The smallest absolute Gasteiger partial charge is 0.270 e. The highest BCUT2D eigenvalue weighted by atomic mass is 32.1. The molecule has 116 valence electrons. The first-order valence-electron chi connectivity index (χ1n) is 7.04. The van der Waals surface area contributed by atoms with E-state index in [1.54, 1.807) is 0 Å². The lowest BCUT2D eigenvalue weighted by molar-refractivity contribution is 0.0944. The fourth-order valence-corrected chi connectivity index (χ4v) is 3.08. The van der Waals surface area contributed by atoms with Gasteiger partial charge >= 0.3 is 0 Å². The zero-order chi connectivity index (χ0) is 16.2. The van der Waals surface area contributed by atoms with Crippen LogP contribution in [-0.2, 0) is 0 Å². The molecule has 23 heavy (non-hydrogen) atoms. The summed E-state index contributed by atoms with van der Waals surface area (Å²) in [5.74, 6) is -0.212. The van der Waals surface area contributed by atoms with Crippen LogP contribution in [0.3, 0.4) is 0 Å². The third-order valence-electron chi connectivity index (χ3n) is 3.32. The Morgan fingerprint density at radius 1 is 1.09 bits per heavy atom. The van der Waals surface area contributed by atoms with Gasteiger partial charge in [-0.25, -0.2) is 0 Å². The van der Waals surface area contributed by atoms with E-state index >= 15 is 0 Å². The summed E-state index contributed by atoms with van der Waals surface area (Å²) in [5.41, 5.74) is 6.83. The number of carbonyl (C=O) groups is 1. The zero-order valence-electron chi connectivity index (χ0n) is 12.4. The van der Waals surface area contributed by atoms with Crippen molar-refractivity contribution in [2.75, 3.05) is 5.32 Å². The molecule has 0 saturated carbocycles. The van der Waals surface area contributed by atoms with Crippen LogP contribution in [0.2, 0.25) is 0 Å². The van der Waals surface area contributed by atoms with Crippen LogP contribution in [-0.4, -0.2) is 11.0 Å². The van der Waals surface area contributed by atoms with Gasteiger partial charge in [0.1, 0.15) is 0 Å². The van der Waals surface area contributed by atoms with Gasteiger partial charge in [-0.3, -0.25) is 15.6 Å². The number of nitrogens with one attached hydrogen (secondary N) is 3. The summed E-state index contributed by atoms with van der Waals surface area (Å²) in [6.07, 6.45) is 0. The van der Waals surface area contributed by atoms with Crippen LogP contribution in [0.25, 0.3) is 10.8 Å². The van der Waals surface area contributed by atoms with E-state index in [0.29, 0.717) is 10.7 Å². The summed E-state index contributed by atoms with van der Waals surface area (Å²) in [4.78, 5) is 13.1. The molecule has 1 amide bonds. The van der Waals surface area contributed by atoms with Crippen LogP contribution in [0.4, 0.5) is 5.69 Å². The van der Waals surface area contributed by atoms with Gasteiger partial charge in [-0.15, -0.1) is 11.3 Å². The monoisotopic (exact) mass is 341 g/mol. The van der Waals surface area contributed by atoms with E-state index in [9.17, 15) is 4.79 Å². The maximum Gasteiger partial charge on any atom is 0.270 e. The number of carbonyl (C=O) groups excluding carboxylic acids is 1. The van der Waals surface area contributed by atoms with Crippen molar-refractivity contribution in [3.63, 3.8) is 0 Å². The average Bonchev–Trinajstić information content (AvgIpc) is 2.99. The van der Waals surface area contributed by atoms with E-state index in [0.717, 1.165) is 21.3 Å². The van der Waals surface area contributed by atoms with Gasteiger partial charge in [0.25, 0.3) is 5.91 Å². The summed E-state index contributed by atoms with van der Waals surface area (Å²) in [7, 11) is 0. The zero-order valence-corrected chi connectivity index (χ0v) is 14.1. The minimum Gasteiger partial charge on any atom is -0.331 e. The second-order valence-corrected chi connectivity index (χ2v) is 6.53. The fraction of sp³-hybridized carbons (Fsp3) is 0.0588. The molecule has 0 radical (unpaired) electrons.